The van der Waals surface area contributed by atoms with Gasteiger partial charge >= 0.3 is 5.97 Å². The first kappa shape index (κ1) is 12.2. The van der Waals surface area contributed by atoms with Gasteiger partial charge in [-0.1, -0.05) is 0 Å². The molecule has 0 unspecified atom stereocenters. The third kappa shape index (κ3) is 1.98. The zero-order valence-corrected chi connectivity index (χ0v) is 11.4. The first-order valence-electron chi connectivity index (χ1n) is 7.55. The van der Waals surface area contributed by atoms with E-state index in [0.717, 1.165) is 11.8 Å². The fourth-order valence-electron chi connectivity index (χ4n) is 4.80. The highest BCUT2D eigenvalue weighted by atomic mass is 16.5. The summed E-state index contributed by atoms with van der Waals surface area (Å²) in [7, 11) is 0. The summed E-state index contributed by atoms with van der Waals surface area (Å²) in [4.78, 5) is 14.7. The lowest BCUT2D eigenvalue weighted by atomic mass is 9.55. The standard InChI is InChI=1S/C16H19NO3/c18-16(19)14-2-1-13(8-17-14)20-15-11-4-9-3-10(6-11)7-12(15)5-9/h1-2,8-12,15H,3-7H2,(H,18,19). The second kappa shape index (κ2) is 4.47. The second-order valence-corrected chi connectivity index (χ2v) is 6.70. The Morgan fingerprint density at radius 1 is 1.10 bits per heavy atom. The van der Waals surface area contributed by atoms with E-state index in [4.69, 9.17) is 9.84 Å². The number of hydrogen-bond acceptors (Lipinski definition) is 3. The Morgan fingerprint density at radius 2 is 1.75 bits per heavy atom. The van der Waals surface area contributed by atoms with Crippen molar-refractivity contribution in [2.45, 2.75) is 38.2 Å². The Morgan fingerprint density at radius 3 is 2.25 bits per heavy atom. The monoisotopic (exact) mass is 273 g/mol. The summed E-state index contributed by atoms with van der Waals surface area (Å²) in [5, 5.41) is 8.86. The molecular formula is C16H19NO3. The average molecular weight is 273 g/mol. The molecule has 1 aromatic rings. The molecule has 20 heavy (non-hydrogen) atoms. The third-order valence-corrected chi connectivity index (χ3v) is 5.37. The van der Waals surface area contributed by atoms with Crippen molar-refractivity contribution < 1.29 is 14.6 Å². The number of carboxylic acid groups (broad SMARTS) is 1. The van der Waals surface area contributed by atoms with Crippen LogP contribution in [0, 0.1) is 23.7 Å². The lowest BCUT2D eigenvalue weighted by Crippen LogP contribution is -2.50. The van der Waals surface area contributed by atoms with Crippen LogP contribution in [0.15, 0.2) is 18.3 Å². The van der Waals surface area contributed by atoms with Crippen LogP contribution in [0.2, 0.25) is 0 Å². The molecule has 0 atom stereocenters. The molecular weight excluding hydrogens is 254 g/mol. The highest BCUT2D eigenvalue weighted by Crippen LogP contribution is 2.54. The van der Waals surface area contributed by atoms with Crippen LogP contribution < -0.4 is 4.74 Å². The van der Waals surface area contributed by atoms with E-state index in [0.29, 0.717) is 23.7 Å². The molecule has 0 saturated heterocycles. The summed E-state index contributed by atoms with van der Waals surface area (Å²) in [6.07, 6.45) is 8.58. The van der Waals surface area contributed by atoms with Crippen molar-refractivity contribution in [3.63, 3.8) is 0 Å². The number of aromatic nitrogens is 1. The van der Waals surface area contributed by atoms with Crippen LogP contribution >= 0.6 is 0 Å². The van der Waals surface area contributed by atoms with E-state index in [1.54, 1.807) is 12.3 Å². The van der Waals surface area contributed by atoms with Crippen LogP contribution in [0.3, 0.4) is 0 Å². The van der Waals surface area contributed by atoms with Crippen molar-refractivity contribution in [1.82, 2.24) is 4.98 Å². The predicted molar refractivity (Wildman–Crippen MR) is 72.7 cm³/mol. The summed E-state index contributed by atoms with van der Waals surface area (Å²) in [5.41, 5.74) is 0.0717. The summed E-state index contributed by atoms with van der Waals surface area (Å²) in [5.74, 6) is 2.99. The summed E-state index contributed by atoms with van der Waals surface area (Å²) >= 11 is 0. The largest absolute Gasteiger partial charge is 0.488 e. The van der Waals surface area contributed by atoms with Crippen LogP contribution in [0.5, 0.6) is 5.75 Å². The molecule has 0 amide bonds. The van der Waals surface area contributed by atoms with Gasteiger partial charge in [0.2, 0.25) is 0 Å². The van der Waals surface area contributed by atoms with Crippen LogP contribution in [0.25, 0.3) is 0 Å². The van der Waals surface area contributed by atoms with Crippen LogP contribution in [0.4, 0.5) is 0 Å². The molecule has 4 bridgehead atoms. The van der Waals surface area contributed by atoms with Gasteiger partial charge < -0.3 is 9.84 Å². The lowest BCUT2D eigenvalue weighted by Gasteiger charge is -2.53. The van der Waals surface area contributed by atoms with E-state index in [1.165, 1.54) is 38.2 Å². The molecule has 0 aromatic carbocycles. The molecule has 0 radical (unpaired) electrons. The molecule has 0 aliphatic heterocycles. The number of aromatic carboxylic acids is 1. The maximum atomic E-state index is 10.8. The van der Waals surface area contributed by atoms with E-state index >= 15 is 0 Å². The number of hydrogen-bond donors (Lipinski definition) is 1. The van der Waals surface area contributed by atoms with Gasteiger partial charge in [0.05, 0.1) is 6.20 Å². The normalized spacial score (nSPS) is 37.9. The third-order valence-electron chi connectivity index (χ3n) is 5.37. The SMILES string of the molecule is O=C(O)c1ccc(OC2C3CC4CC(C3)CC2C4)cn1. The number of carbonyl (C=O) groups is 1. The lowest BCUT2D eigenvalue weighted by molar-refractivity contribution is -0.0790. The van der Waals surface area contributed by atoms with Gasteiger partial charge in [0, 0.05) is 0 Å². The molecule has 4 heteroatoms. The molecule has 4 nitrogen and oxygen atoms in total. The highest BCUT2D eigenvalue weighted by molar-refractivity contribution is 5.85. The number of pyridine rings is 1. The van der Waals surface area contributed by atoms with Gasteiger partial charge in [-0.2, -0.15) is 0 Å². The van der Waals surface area contributed by atoms with E-state index < -0.39 is 5.97 Å². The molecule has 4 saturated carbocycles. The van der Waals surface area contributed by atoms with Crippen molar-refractivity contribution in [2.75, 3.05) is 0 Å². The quantitative estimate of drug-likeness (QED) is 0.919. The van der Waals surface area contributed by atoms with Crippen LogP contribution in [-0.4, -0.2) is 22.2 Å². The van der Waals surface area contributed by atoms with Crippen molar-refractivity contribution in [3.8, 4) is 5.75 Å². The Labute approximate surface area is 118 Å². The fraction of sp³-hybridized carbons (Fsp3) is 0.625. The number of nitrogens with zero attached hydrogens (tertiary/aromatic N) is 1. The second-order valence-electron chi connectivity index (χ2n) is 6.70. The minimum absolute atomic E-state index is 0.0717. The van der Waals surface area contributed by atoms with Crippen molar-refractivity contribution in [3.05, 3.63) is 24.0 Å². The number of ether oxygens (including phenoxy) is 1. The fourth-order valence-corrected chi connectivity index (χ4v) is 4.80. The maximum absolute atomic E-state index is 10.8. The Hall–Kier alpha value is -1.58. The molecule has 1 aromatic heterocycles. The average Bonchev–Trinajstić information content (AvgIpc) is 2.42. The Bertz CT molecular complexity index is 497. The van der Waals surface area contributed by atoms with E-state index in [-0.39, 0.29) is 5.69 Å². The van der Waals surface area contributed by atoms with Gasteiger partial charge in [-0.25, -0.2) is 9.78 Å². The van der Waals surface area contributed by atoms with Gasteiger partial charge in [0.15, 0.2) is 0 Å². The van der Waals surface area contributed by atoms with E-state index in [2.05, 4.69) is 4.98 Å². The van der Waals surface area contributed by atoms with Gasteiger partial charge in [-0.05, 0) is 67.9 Å². The molecule has 5 rings (SSSR count). The molecule has 0 spiro atoms. The first-order valence-corrected chi connectivity index (χ1v) is 7.55. The molecule has 106 valence electrons. The van der Waals surface area contributed by atoms with E-state index in [1.807, 2.05) is 0 Å². The molecule has 1 heterocycles. The Kier molecular flexibility index (Phi) is 2.72. The van der Waals surface area contributed by atoms with E-state index in [9.17, 15) is 4.79 Å². The number of carboxylic acids is 1. The van der Waals surface area contributed by atoms with Gasteiger partial charge in [0.25, 0.3) is 0 Å². The summed E-state index contributed by atoms with van der Waals surface area (Å²) in [6.45, 7) is 0. The van der Waals surface area contributed by atoms with Crippen molar-refractivity contribution >= 4 is 5.97 Å². The minimum atomic E-state index is -0.994. The minimum Gasteiger partial charge on any atom is -0.488 e. The van der Waals surface area contributed by atoms with Crippen LogP contribution in [-0.2, 0) is 0 Å². The topological polar surface area (TPSA) is 59.4 Å². The Balaban J connectivity index is 1.50. The van der Waals surface area contributed by atoms with Gasteiger partial charge in [0.1, 0.15) is 17.5 Å². The van der Waals surface area contributed by atoms with Gasteiger partial charge in [-0.15, -0.1) is 0 Å². The van der Waals surface area contributed by atoms with Crippen LogP contribution in [0.1, 0.15) is 42.6 Å². The maximum Gasteiger partial charge on any atom is 0.354 e. The molecule has 4 fully saturated rings. The smallest absolute Gasteiger partial charge is 0.354 e. The zero-order valence-electron chi connectivity index (χ0n) is 11.4. The van der Waals surface area contributed by atoms with Crippen molar-refractivity contribution in [1.29, 1.82) is 0 Å². The number of rotatable bonds is 3. The summed E-state index contributed by atoms with van der Waals surface area (Å²) < 4.78 is 6.17. The van der Waals surface area contributed by atoms with Gasteiger partial charge in [-0.3, -0.25) is 0 Å². The highest BCUT2D eigenvalue weighted by Gasteiger charge is 2.49. The molecule has 4 aliphatic carbocycles. The first-order chi connectivity index (χ1) is 9.69. The van der Waals surface area contributed by atoms with Crippen molar-refractivity contribution in [2.24, 2.45) is 23.7 Å². The predicted octanol–water partition coefficient (Wildman–Crippen LogP) is 2.98. The molecule has 4 aliphatic rings. The summed E-state index contributed by atoms with van der Waals surface area (Å²) in [6, 6.07) is 3.26. The molecule has 1 N–H and O–H groups in total. The zero-order chi connectivity index (χ0) is 13.7.